The molecule has 0 atom stereocenters. The van der Waals surface area contributed by atoms with Gasteiger partial charge < -0.3 is 5.32 Å². The molecule has 1 aromatic heterocycles. The van der Waals surface area contributed by atoms with Gasteiger partial charge in [-0.3, -0.25) is 9.78 Å². The van der Waals surface area contributed by atoms with E-state index in [-0.39, 0.29) is 5.69 Å². The first-order valence-corrected chi connectivity index (χ1v) is 6.03. The highest BCUT2D eigenvalue weighted by molar-refractivity contribution is 6.17. The maximum Gasteiger partial charge on any atom is 0.433 e. The minimum absolute atomic E-state index is 0.0503. The number of nitrogens with zero attached hydrogens (tertiary/aromatic N) is 1. The summed E-state index contributed by atoms with van der Waals surface area (Å²) in [5, 5.41) is 2.33. The second-order valence-corrected chi connectivity index (χ2v) is 4.03. The van der Waals surface area contributed by atoms with Crippen LogP contribution in [0.25, 0.3) is 0 Å². The number of hydrogen-bond donors (Lipinski definition) is 1. The molecule has 0 spiro atoms. The summed E-state index contributed by atoms with van der Waals surface area (Å²) in [6.07, 6.45) is 0.719. The van der Waals surface area contributed by atoms with Gasteiger partial charge in [0.25, 0.3) is 0 Å². The summed E-state index contributed by atoms with van der Waals surface area (Å²) >= 11 is 5.46. The van der Waals surface area contributed by atoms with Gasteiger partial charge in [-0.05, 0) is 31.1 Å². The van der Waals surface area contributed by atoms with Gasteiger partial charge in [-0.15, -0.1) is 11.6 Å². The zero-order valence-electron chi connectivity index (χ0n) is 9.88. The lowest BCUT2D eigenvalue weighted by atomic mass is 10.3. The largest absolute Gasteiger partial charge is 0.433 e. The second kappa shape index (κ2) is 7.13. The summed E-state index contributed by atoms with van der Waals surface area (Å²) < 4.78 is 37.2. The third kappa shape index (κ3) is 5.74. The van der Waals surface area contributed by atoms with Gasteiger partial charge in [-0.1, -0.05) is 6.08 Å². The van der Waals surface area contributed by atoms with Crippen LogP contribution >= 0.6 is 11.6 Å². The number of anilines is 1. The Bertz CT molecular complexity index is 461. The highest BCUT2D eigenvalue weighted by atomic mass is 35.5. The van der Waals surface area contributed by atoms with Crippen molar-refractivity contribution < 1.29 is 18.0 Å². The van der Waals surface area contributed by atoms with E-state index in [2.05, 4.69) is 10.3 Å². The lowest BCUT2D eigenvalue weighted by molar-refractivity contribution is -0.141. The molecule has 1 amide bonds. The smallest absolute Gasteiger partial charge is 0.322 e. The molecule has 0 radical (unpaired) electrons. The summed E-state index contributed by atoms with van der Waals surface area (Å²) in [5.74, 6) is -0.000436. The van der Waals surface area contributed by atoms with Crippen LogP contribution in [0.15, 0.2) is 30.5 Å². The van der Waals surface area contributed by atoms with Crippen molar-refractivity contribution >= 4 is 23.2 Å². The van der Waals surface area contributed by atoms with Crippen LogP contribution in [0.3, 0.4) is 0 Å². The van der Waals surface area contributed by atoms with Crippen LogP contribution in [0.4, 0.5) is 18.9 Å². The standard InChI is InChI=1S/C12H12ClF3N2O/c13-6-3-1-2-4-11(19)18-9-5-7-17-10(8-9)12(14,15)16/h2,4-5,7-8H,1,3,6H2,(H,17,18,19)/b4-2+. The van der Waals surface area contributed by atoms with Crippen LogP contribution in [0.1, 0.15) is 18.5 Å². The predicted octanol–water partition coefficient (Wildman–Crippen LogP) is 3.61. The maximum absolute atomic E-state index is 12.4. The van der Waals surface area contributed by atoms with Crippen molar-refractivity contribution in [3.8, 4) is 0 Å². The SMILES string of the molecule is O=C(/C=C/CCCCl)Nc1ccnc(C(F)(F)F)c1. The summed E-state index contributed by atoms with van der Waals surface area (Å²) in [4.78, 5) is 14.6. The van der Waals surface area contributed by atoms with Crippen LogP contribution in [-0.2, 0) is 11.0 Å². The quantitative estimate of drug-likeness (QED) is 0.512. The molecule has 0 aliphatic rings. The normalized spacial score (nSPS) is 11.8. The van der Waals surface area contributed by atoms with Crippen molar-refractivity contribution in [2.24, 2.45) is 0 Å². The fourth-order valence-electron chi connectivity index (χ4n) is 1.23. The van der Waals surface area contributed by atoms with Crippen molar-refractivity contribution in [2.75, 3.05) is 11.2 Å². The number of aromatic nitrogens is 1. The topological polar surface area (TPSA) is 42.0 Å². The van der Waals surface area contributed by atoms with Crippen LogP contribution < -0.4 is 5.32 Å². The molecule has 0 unspecified atom stereocenters. The summed E-state index contributed by atoms with van der Waals surface area (Å²) in [6, 6.07) is 2.07. The number of rotatable bonds is 5. The molecule has 0 aromatic carbocycles. The lowest BCUT2D eigenvalue weighted by Gasteiger charge is -2.07. The Morgan fingerprint density at radius 2 is 2.21 bits per heavy atom. The zero-order valence-corrected chi connectivity index (χ0v) is 10.6. The minimum Gasteiger partial charge on any atom is -0.322 e. The molecular weight excluding hydrogens is 281 g/mol. The highest BCUT2D eigenvalue weighted by Gasteiger charge is 2.32. The average Bonchev–Trinajstić information content (AvgIpc) is 2.34. The molecule has 104 valence electrons. The van der Waals surface area contributed by atoms with Gasteiger partial charge in [0.1, 0.15) is 5.69 Å². The number of carbonyl (C=O) groups excluding carboxylic acids is 1. The molecule has 3 nitrogen and oxygen atoms in total. The number of alkyl halides is 4. The van der Waals surface area contributed by atoms with Crippen molar-refractivity contribution in [1.82, 2.24) is 4.98 Å². The first-order chi connectivity index (χ1) is 8.93. The van der Waals surface area contributed by atoms with Crippen molar-refractivity contribution in [2.45, 2.75) is 19.0 Å². The number of carbonyl (C=O) groups is 1. The number of unbranched alkanes of at least 4 members (excludes halogenated alkanes) is 1. The van der Waals surface area contributed by atoms with E-state index in [1.807, 2.05) is 0 Å². The Hall–Kier alpha value is -1.56. The minimum atomic E-state index is -4.53. The van der Waals surface area contributed by atoms with Gasteiger partial charge >= 0.3 is 6.18 Å². The van der Waals surface area contributed by atoms with E-state index in [1.54, 1.807) is 6.08 Å². The summed E-state index contributed by atoms with van der Waals surface area (Å²) in [7, 11) is 0. The summed E-state index contributed by atoms with van der Waals surface area (Å²) in [6.45, 7) is 0. The Kier molecular flexibility index (Phi) is 5.82. The van der Waals surface area contributed by atoms with E-state index in [0.717, 1.165) is 18.7 Å². The van der Waals surface area contributed by atoms with Crippen LogP contribution in [0.2, 0.25) is 0 Å². The molecule has 0 saturated heterocycles. The van der Waals surface area contributed by atoms with Gasteiger partial charge in [0.15, 0.2) is 0 Å². The molecule has 1 heterocycles. The molecule has 1 aromatic rings. The summed E-state index contributed by atoms with van der Waals surface area (Å²) in [5.41, 5.74) is -0.995. The molecule has 19 heavy (non-hydrogen) atoms. The van der Waals surface area contributed by atoms with E-state index in [9.17, 15) is 18.0 Å². The number of pyridine rings is 1. The van der Waals surface area contributed by atoms with E-state index in [0.29, 0.717) is 12.3 Å². The molecule has 0 aliphatic heterocycles. The van der Waals surface area contributed by atoms with Crippen LogP contribution in [0, 0.1) is 0 Å². The first kappa shape index (κ1) is 15.5. The van der Waals surface area contributed by atoms with E-state index in [1.165, 1.54) is 12.1 Å². The Morgan fingerprint density at radius 1 is 1.47 bits per heavy atom. The Labute approximate surface area is 113 Å². The van der Waals surface area contributed by atoms with Gasteiger partial charge in [0.05, 0.1) is 0 Å². The molecule has 0 aliphatic carbocycles. The fourth-order valence-corrected chi connectivity index (χ4v) is 1.39. The van der Waals surface area contributed by atoms with Crippen molar-refractivity contribution in [3.63, 3.8) is 0 Å². The monoisotopic (exact) mass is 292 g/mol. The van der Waals surface area contributed by atoms with Gasteiger partial charge in [0, 0.05) is 17.8 Å². The van der Waals surface area contributed by atoms with Crippen molar-refractivity contribution in [1.29, 1.82) is 0 Å². The molecule has 1 N–H and O–H groups in total. The third-order valence-corrected chi connectivity index (χ3v) is 2.36. The lowest BCUT2D eigenvalue weighted by Crippen LogP contribution is -2.11. The van der Waals surface area contributed by atoms with E-state index >= 15 is 0 Å². The third-order valence-electron chi connectivity index (χ3n) is 2.09. The number of amides is 1. The maximum atomic E-state index is 12.4. The fraction of sp³-hybridized carbons (Fsp3) is 0.333. The predicted molar refractivity (Wildman–Crippen MR) is 67.0 cm³/mol. The van der Waals surface area contributed by atoms with Gasteiger partial charge in [0.2, 0.25) is 5.91 Å². The van der Waals surface area contributed by atoms with Gasteiger partial charge in [-0.25, -0.2) is 0 Å². The van der Waals surface area contributed by atoms with Crippen LogP contribution in [0.5, 0.6) is 0 Å². The molecular formula is C12H12ClF3N2O. The van der Waals surface area contributed by atoms with Gasteiger partial charge in [-0.2, -0.15) is 13.2 Å². The van der Waals surface area contributed by atoms with E-state index < -0.39 is 17.8 Å². The van der Waals surface area contributed by atoms with E-state index in [4.69, 9.17) is 11.6 Å². The highest BCUT2D eigenvalue weighted by Crippen LogP contribution is 2.28. The molecule has 0 bridgehead atoms. The molecule has 0 fully saturated rings. The number of hydrogen-bond acceptors (Lipinski definition) is 2. The second-order valence-electron chi connectivity index (χ2n) is 3.65. The molecule has 0 saturated carbocycles. The Morgan fingerprint density at radius 3 is 2.84 bits per heavy atom. The number of allylic oxidation sites excluding steroid dienone is 1. The number of halogens is 4. The van der Waals surface area contributed by atoms with Crippen LogP contribution in [-0.4, -0.2) is 16.8 Å². The number of nitrogens with one attached hydrogen (secondary N) is 1. The Balaban J connectivity index is 2.62. The molecule has 1 rings (SSSR count). The average molecular weight is 293 g/mol. The zero-order chi connectivity index (χ0) is 14.3. The molecule has 7 heteroatoms. The first-order valence-electron chi connectivity index (χ1n) is 5.50. The van der Waals surface area contributed by atoms with Crippen molar-refractivity contribution in [3.05, 3.63) is 36.2 Å².